The van der Waals surface area contributed by atoms with Crippen LogP contribution in [0.4, 0.5) is 0 Å². The standard InChI is InChI=1S/C12H15ClO4/c1-6(2)12(11(16)17)5-7(3)4-8(9(12)13)10(14)15/h4-6,9H,1-3H3,(H,14,15)(H,16,17). The van der Waals surface area contributed by atoms with Crippen LogP contribution in [0, 0.1) is 11.3 Å². The number of carbonyl (C=O) groups is 2. The van der Waals surface area contributed by atoms with Gasteiger partial charge in [0, 0.05) is 0 Å². The molecule has 2 atom stereocenters. The van der Waals surface area contributed by atoms with Gasteiger partial charge in [-0.1, -0.05) is 25.5 Å². The fraction of sp³-hybridized carbons (Fsp3) is 0.500. The Bertz CT molecular complexity index is 422. The molecule has 0 saturated carbocycles. The van der Waals surface area contributed by atoms with Gasteiger partial charge in [-0.15, -0.1) is 11.6 Å². The SMILES string of the molecule is CC1=CC(C(=O)O)(C(C)C)C(Cl)C(C(=O)O)=C1. The third-order valence-corrected chi connectivity index (χ3v) is 3.71. The van der Waals surface area contributed by atoms with E-state index in [1.807, 2.05) is 0 Å². The van der Waals surface area contributed by atoms with Crippen LogP contribution in [-0.2, 0) is 9.59 Å². The fourth-order valence-electron chi connectivity index (χ4n) is 2.11. The van der Waals surface area contributed by atoms with Gasteiger partial charge in [0.15, 0.2) is 0 Å². The maximum absolute atomic E-state index is 11.5. The van der Waals surface area contributed by atoms with Gasteiger partial charge in [0.1, 0.15) is 5.41 Å². The number of carboxylic acids is 2. The molecule has 94 valence electrons. The summed E-state index contributed by atoms with van der Waals surface area (Å²) < 4.78 is 0. The Hall–Kier alpha value is -1.29. The molecule has 4 nitrogen and oxygen atoms in total. The summed E-state index contributed by atoms with van der Waals surface area (Å²) in [6.45, 7) is 5.11. The number of hydrogen-bond acceptors (Lipinski definition) is 2. The van der Waals surface area contributed by atoms with Crippen LogP contribution >= 0.6 is 11.6 Å². The van der Waals surface area contributed by atoms with Crippen molar-refractivity contribution in [3.63, 3.8) is 0 Å². The highest BCUT2D eigenvalue weighted by Gasteiger charge is 2.50. The summed E-state index contributed by atoms with van der Waals surface area (Å²) in [4.78, 5) is 22.6. The molecule has 2 N–H and O–H groups in total. The molecule has 2 unspecified atom stereocenters. The second kappa shape index (κ2) is 4.53. The number of carboxylic acid groups (broad SMARTS) is 2. The highest BCUT2D eigenvalue weighted by atomic mass is 35.5. The lowest BCUT2D eigenvalue weighted by molar-refractivity contribution is -0.148. The fourth-order valence-corrected chi connectivity index (χ4v) is 2.68. The van der Waals surface area contributed by atoms with Crippen molar-refractivity contribution >= 4 is 23.5 Å². The number of allylic oxidation sites excluding steroid dienone is 2. The van der Waals surface area contributed by atoms with Gasteiger partial charge < -0.3 is 10.2 Å². The number of aliphatic carboxylic acids is 2. The van der Waals surface area contributed by atoms with E-state index >= 15 is 0 Å². The average molecular weight is 259 g/mol. The zero-order chi connectivity index (χ0) is 13.4. The van der Waals surface area contributed by atoms with E-state index in [-0.39, 0.29) is 11.5 Å². The van der Waals surface area contributed by atoms with Gasteiger partial charge >= 0.3 is 11.9 Å². The lowest BCUT2D eigenvalue weighted by Crippen LogP contribution is -2.46. The van der Waals surface area contributed by atoms with Crippen molar-refractivity contribution in [1.29, 1.82) is 0 Å². The molecule has 0 spiro atoms. The molecule has 0 heterocycles. The summed E-state index contributed by atoms with van der Waals surface area (Å²) in [5.41, 5.74) is -0.827. The molecule has 17 heavy (non-hydrogen) atoms. The molecular formula is C12H15ClO4. The molecular weight excluding hydrogens is 244 g/mol. The molecule has 0 aliphatic heterocycles. The predicted octanol–water partition coefficient (Wildman–Crippen LogP) is 2.29. The summed E-state index contributed by atoms with van der Waals surface area (Å²) >= 11 is 6.08. The maximum Gasteiger partial charge on any atom is 0.333 e. The summed E-state index contributed by atoms with van der Waals surface area (Å²) in [6.07, 6.45) is 2.97. The predicted molar refractivity (Wildman–Crippen MR) is 64.0 cm³/mol. The zero-order valence-corrected chi connectivity index (χ0v) is 10.7. The van der Waals surface area contributed by atoms with Crippen LogP contribution in [0.5, 0.6) is 0 Å². The normalized spacial score (nSPS) is 28.6. The number of rotatable bonds is 3. The molecule has 0 aromatic carbocycles. The van der Waals surface area contributed by atoms with Gasteiger partial charge in [0.2, 0.25) is 0 Å². The van der Waals surface area contributed by atoms with Crippen LogP contribution in [0.3, 0.4) is 0 Å². The Morgan fingerprint density at radius 1 is 1.41 bits per heavy atom. The van der Waals surface area contributed by atoms with Crippen LogP contribution in [0.15, 0.2) is 23.3 Å². The molecule has 5 heteroatoms. The minimum Gasteiger partial charge on any atom is -0.481 e. The van der Waals surface area contributed by atoms with Gasteiger partial charge in [-0.3, -0.25) is 4.79 Å². The van der Waals surface area contributed by atoms with Gasteiger partial charge in [0.05, 0.1) is 11.0 Å². The van der Waals surface area contributed by atoms with E-state index in [0.717, 1.165) is 0 Å². The maximum atomic E-state index is 11.5. The van der Waals surface area contributed by atoms with Crippen molar-refractivity contribution in [2.24, 2.45) is 11.3 Å². The van der Waals surface area contributed by atoms with Crippen molar-refractivity contribution in [3.8, 4) is 0 Å². The number of hydrogen-bond donors (Lipinski definition) is 2. The van der Waals surface area contributed by atoms with Crippen molar-refractivity contribution in [3.05, 3.63) is 23.3 Å². The molecule has 0 radical (unpaired) electrons. The minimum atomic E-state index is -1.37. The molecule has 1 aliphatic carbocycles. The number of alkyl halides is 1. The Balaban J connectivity index is 3.41. The van der Waals surface area contributed by atoms with Crippen LogP contribution in [0.1, 0.15) is 20.8 Å². The summed E-state index contributed by atoms with van der Waals surface area (Å²) in [6, 6.07) is 0. The third-order valence-electron chi connectivity index (χ3n) is 3.11. The van der Waals surface area contributed by atoms with Crippen molar-refractivity contribution in [1.82, 2.24) is 0 Å². The van der Waals surface area contributed by atoms with E-state index in [1.54, 1.807) is 26.8 Å². The molecule has 0 aromatic rings. The molecule has 0 saturated heterocycles. The van der Waals surface area contributed by atoms with E-state index in [0.29, 0.717) is 5.57 Å². The van der Waals surface area contributed by atoms with Crippen LogP contribution in [0.2, 0.25) is 0 Å². The first-order chi connectivity index (χ1) is 7.73. The van der Waals surface area contributed by atoms with Crippen molar-refractivity contribution < 1.29 is 19.8 Å². The van der Waals surface area contributed by atoms with E-state index < -0.39 is 22.7 Å². The molecule has 0 fully saturated rings. The van der Waals surface area contributed by atoms with E-state index in [4.69, 9.17) is 16.7 Å². The highest BCUT2D eigenvalue weighted by molar-refractivity contribution is 6.27. The Kier molecular flexibility index (Phi) is 3.67. The second-order valence-corrected chi connectivity index (χ2v) is 4.99. The van der Waals surface area contributed by atoms with E-state index in [2.05, 4.69) is 0 Å². The third kappa shape index (κ3) is 2.09. The van der Waals surface area contributed by atoms with E-state index in [9.17, 15) is 14.7 Å². The summed E-state index contributed by atoms with van der Waals surface area (Å²) in [5.74, 6) is -2.58. The first-order valence-corrected chi connectivity index (χ1v) is 5.69. The lowest BCUT2D eigenvalue weighted by atomic mass is 9.68. The van der Waals surface area contributed by atoms with Gasteiger partial charge in [-0.2, -0.15) is 0 Å². The largest absolute Gasteiger partial charge is 0.481 e. The van der Waals surface area contributed by atoms with Gasteiger partial charge in [-0.25, -0.2) is 4.79 Å². The molecule has 1 rings (SSSR count). The van der Waals surface area contributed by atoms with Crippen LogP contribution in [-0.4, -0.2) is 27.5 Å². The average Bonchev–Trinajstić information content (AvgIpc) is 2.19. The molecule has 0 bridgehead atoms. The van der Waals surface area contributed by atoms with Crippen molar-refractivity contribution in [2.75, 3.05) is 0 Å². The first kappa shape index (κ1) is 13.8. The van der Waals surface area contributed by atoms with Gasteiger partial charge in [-0.05, 0) is 18.9 Å². The molecule has 0 aromatic heterocycles. The Labute approximate surface area is 105 Å². The molecule has 1 aliphatic rings. The summed E-state index contributed by atoms with van der Waals surface area (Å²) in [7, 11) is 0. The Morgan fingerprint density at radius 2 is 1.94 bits per heavy atom. The lowest BCUT2D eigenvalue weighted by Gasteiger charge is -2.37. The van der Waals surface area contributed by atoms with Gasteiger partial charge in [0.25, 0.3) is 0 Å². The summed E-state index contributed by atoms with van der Waals surface area (Å²) in [5, 5.41) is 17.4. The van der Waals surface area contributed by atoms with E-state index in [1.165, 1.54) is 6.08 Å². The van der Waals surface area contributed by atoms with Crippen LogP contribution < -0.4 is 0 Å². The quantitative estimate of drug-likeness (QED) is 0.762. The second-order valence-electron chi connectivity index (χ2n) is 4.55. The topological polar surface area (TPSA) is 74.6 Å². The van der Waals surface area contributed by atoms with Crippen LogP contribution in [0.25, 0.3) is 0 Å². The first-order valence-electron chi connectivity index (χ1n) is 5.25. The minimum absolute atomic E-state index is 0.0669. The number of halogens is 1. The molecule has 0 amide bonds. The smallest absolute Gasteiger partial charge is 0.333 e. The zero-order valence-electron chi connectivity index (χ0n) is 9.90. The van der Waals surface area contributed by atoms with Crippen molar-refractivity contribution in [2.45, 2.75) is 26.1 Å². The highest BCUT2D eigenvalue weighted by Crippen LogP contribution is 2.44. The Morgan fingerprint density at radius 3 is 2.29 bits per heavy atom. The monoisotopic (exact) mass is 258 g/mol.